The number of thiocarbonyl (C=S) groups is 1. The molecule has 0 N–H and O–H groups in total. The first kappa shape index (κ1) is 12.7. The summed E-state index contributed by atoms with van der Waals surface area (Å²) in [6.45, 7) is 0. The fourth-order valence-corrected chi connectivity index (χ4v) is 5.66. The second kappa shape index (κ2) is 4.67. The quantitative estimate of drug-likeness (QED) is 0.541. The zero-order valence-electron chi connectivity index (χ0n) is 7.94. The Hall–Kier alpha value is 0.670. The summed E-state index contributed by atoms with van der Waals surface area (Å²) in [5.41, 5.74) is 0. The van der Waals surface area contributed by atoms with Gasteiger partial charge < -0.3 is 4.90 Å². The molecular formula is C7H12BrNO2S3. The predicted octanol–water partition coefficient (Wildman–Crippen LogP) is 1.47. The third-order valence-electron chi connectivity index (χ3n) is 1.94. The molecule has 3 nitrogen and oxygen atoms in total. The van der Waals surface area contributed by atoms with E-state index in [1.54, 1.807) is 0 Å². The van der Waals surface area contributed by atoms with Gasteiger partial charge in [-0.05, 0) is 6.42 Å². The number of nitrogens with zero attached hydrogens (tertiary/aromatic N) is 1. The lowest BCUT2D eigenvalue weighted by molar-refractivity contribution is 0.601. The van der Waals surface area contributed by atoms with Crippen molar-refractivity contribution >= 4 is 54.1 Å². The molecule has 0 aromatic heterocycles. The predicted molar refractivity (Wildman–Crippen MR) is 68.8 cm³/mol. The Kier molecular flexibility index (Phi) is 4.25. The van der Waals surface area contributed by atoms with Crippen LogP contribution in [0.2, 0.25) is 0 Å². The molecular weight excluding hydrogens is 306 g/mol. The first-order valence-electron chi connectivity index (χ1n) is 4.08. The molecule has 0 radical (unpaired) electrons. The van der Waals surface area contributed by atoms with Gasteiger partial charge >= 0.3 is 0 Å². The molecule has 0 aliphatic carbocycles. The summed E-state index contributed by atoms with van der Waals surface area (Å²) >= 11 is 9.79. The van der Waals surface area contributed by atoms with Crippen LogP contribution < -0.4 is 0 Å². The number of sulfone groups is 1. The second-order valence-electron chi connectivity index (χ2n) is 3.32. The van der Waals surface area contributed by atoms with Crippen molar-refractivity contribution in [2.45, 2.75) is 15.8 Å². The van der Waals surface area contributed by atoms with Crippen LogP contribution >= 0.6 is 39.9 Å². The minimum absolute atomic E-state index is 0.0508. The van der Waals surface area contributed by atoms with E-state index in [0.29, 0.717) is 6.42 Å². The molecule has 0 aromatic rings. The molecule has 1 rings (SSSR count). The van der Waals surface area contributed by atoms with Crippen LogP contribution in [0.4, 0.5) is 0 Å². The lowest BCUT2D eigenvalue weighted by atomic mass is 10.4. The Morgan fingerprint density at radius 2 is 2.14 bits per heavy atom. The lowest BCUT2D eigenvalue weighted by Crippen LogP contribution is -2.23. The average Bonchev–Trinajstić information content (AvgIpc) is 2.32. The van der Waals surface area contributed by atoms with E-state index in [2.05, 4.69) is 15.9 Å². The summed E-state index contributed by atoms with van der Waals surface area (Å²) in [5, 5.41) is 0.0508. The van der Waals surface area contributed by atoms with Crippen molar-refractivity contribution in [3.05, 3.63) is 0 Å². The van der Waals surface area contributed by atoms with E-state index < -0.39 is 14.0 Å². The smallest absolute Gasteiger partial charge is 0.164 e. The maximum Gasteiger partial charge on any atom is 0.164 e. The van der Waals surface area contributed by atoms with E-state index in [1.165, 1.54) is 11.8 Å². The Morgan fingerprint density at radius 1 is 1.57 bits per heavy atom. The third kappa shape index (κ3) is 2.84. The molecule has 0 amide bonds. The van der Waals surface area contributed by atoms with Gasteiger partial charge in [-0.25, -0.2) is 8.42 Å². The number of alkyl halides is 1. The molecule has 0 spiro atoms. The summed E-state index contributed by atoms with van der Waals surface area (Å²) in [7, 11) is 0.798. The van der Waals surface area contributed by atoms with Crippen LogP contribution in [0.3, 0.4) is 0 Å². The highest BCUT2D eigenvalue weighted by Crippen LogP contribution is 2.35. The zero-order valence-corrected chi connectivity index (χ0v) is 12.0. The minimum Gasteiger partial charge on any atom is -0.364 e. The number of hydrogen-bond acceptors (Lipinski definition) is 4. The molecule has 2 atom stereocenters. The van der Waals surface area contributed by atoms with Gasteiger partial charge in [0.15, 0.2) is 9.84 Å². The molecule has 2 unspecified atom stereocenters. The number of rotatable bonds is 1. The summed E-state index contributed by atoms with van der Waals surface area (Å²) in [5.74, 6) is 0.261. The normalized spacial score (nSPS) is 30.2. The van der Waals surface area contributed by atoms with Gasteiger partial charge in [0, 0.05) is 19.3 Å². The topological polar surface area (TPSA) is 37.4 Å². The number of hydrogen-bond donors (Lipinski definition) is 0. The van der Waals surface area contributed by atoms with E-state index in [1.807, 2.05) is 19.0 Å². The van der Waals surface area contributed by atoms with Gasteiger partial charge in [0.25, 0.3) is 0 Å². The highest BCUT2D eigenvalue weighted by atomic mass is 79.9. The van der Waals surface area contributed by atoms with Crippen molar-refractivity contribution in [2.75, 3.05) is 19.8 Å². The minimum atomic E-state index is -2.93. The fraction of sp³-hybridized carbons (Fsp3) is 0.857. The molecule has 1 aliphatic heterocycles. The van der Waals surface area contributed by atoms with Gasteiger partial charge in [-0.1, -0.05) is 39.9 Å². The fourth-order valence-electron chi connectivity index (χ4n) is 1.10. The van der Waals surface area contributed by atoms with Crippen molar-refractivity contribution in [3.63, 3.8) is 0 Å². The van der Waals surface area contributed by atoms with Gasteiger partial charge in [0.05, 0.1) is 5.75 Å². The molecule has 1 heterocycles. The summed E-state index contributed by atoms with van der Waals surface area (Å²) in [4.78, 5) is 1.82. The average molecular weight is 318 g/mol. The van der Waals surface area contributed by atoms with E-state index in [4.69, 9.17) is 12.2 Å². The molecule has 7 heteroatoms. The van der Waals surface area contributed by atoms with Crippen LogP contribution in [0.1, 0.15) is 6.42 Å². The number of thioether (sulfide) groups is 1. The van der Waals surface area contributed by atoms with Gasteiger partial charge in [0.1, 0.15) is 8.48 Å². The standard InChI is InChI=1S/C7H12BrNO2S3/c1-9(2)7(12)13-5-3-4-14(10,11)6(5)8/h5-6H,3-4H2,1-2H3. The van der Waals surface area contributed by atoms with Crippen LogP contribution in [0, 0.1) is 0 Å². The Morgan fingerprint density at radius 3 is 2.50 bits per heavy atom. The Balaban J connectivity index is 2.62. The molecule has 0 bridgehead atoms. The van der Waals surface area contributed by atoms with E-state index >= 15 is 0 Å². The van der Waals surface area contributed by atoms with E-state index in [0.717, 1.165) is 4.32 Å². The van der Waals surface area contributed by atoms with Crippen molar-refractivity contribution < 1.29 is 8.42 Å². The second-order valence-corrected chi connectivity index (χ2v) is 9.03. The number of halogens is 1. The maximum atomic E-state index is 11.4. The van der Waals surface area contributed by atoms with Crippen molar-refractivity contribution in [2.24, 2.45) is 0 Å². The van der Waals surface area contributed by atoms with Crippen LogP contribution in [0.15, 0.2) is 0 Å². The molecule has 82 valence electrons. The Labute approximate surface area is 103 Å². The van der Waals surface area contributed by atoms with Crippen molar-refractivity contribution in [1.82, 2.24) is 4.90 Å². The summed E-state index contributed by atoms with van der Waals surface area (Å²) in [6, 6.07) is 0. The zero-order chi connectivity index (χ0) is 10.9. The molecule has 0 saturated carbocycles. The lowest BCUT2D eigenvalue weighted by Gasteiger charge is -2.17. The largest absolute Gasteiger partial charge is 0.364 e. The van der Waals surface area contributed by atoms with Crippen LogP contribution in [0.5, 0.6) is 0 Å². The highest BCUT2D eigenvalue weighted by Gasteiger charge is 2.39. The van der Waals surface area contributed by atoms with E-state index in [9.17, 15) is 8.42 Å². The summed E-state index contributed by atoms with van der Waals surface area (Å²) < 4.78 is 23.1. The third-order valence-corrected chi connectivity index (χ3v) is 8.66. The molecule has 0 aromatic carbocycles. The summed E-state index contributed by atoms with van der Waals surface area (Å²) in [6.07, 6.45) is 0.677. The first-order valence-corrected chi connectivity index (χ1v) is 8.00. The molecule has 1 aliphatic rings. The van der Waals surface area contributed by atoms with Gasteiger partial charge in [0.2, 0.25) is 0 Å². The van der Waals surface area contributed by atoms with E-state index in [-0.39, 0.29) is 11.0 Å². The van der Waals surface area contributed by atoms with Crippen LogP contribution in [-0.2, 0) is 9.84 Å². The van der Waals surface area contributed by atoms with Crippen molar-refractivity contribution in [1.29, 1.82) is 0 Å². The molecule has 1 fully saturated rings. The molecule has 1 saturated heterocycles. The van der Waals surface area contributed by atoms with Gasteiger partial charge in [-0.15, -0.1) is 0 Å². The van der Waals surface area contributed by atoms with Gasteiger partial charge in [-0.3, -0.25) is 0 Å². The first-order chi connectivity index (χ1) is 6.34. The molecule has 14 heavy (non-hydrogen) atoms. The maximum absolute atomic E-state index is 11.4. The van der Waals surface area contributed by atoms with Crippen LogP contribution in [0.25, 0.3) is 0 Å². The van der Waals surface area contributed by atoms with Crippen LogP contribution in [-0.4, -0.2) is 46.9 Å². The SMILES string of the molecule is CN(C)C(=S)SC1CCS(=O)(=O)C1Br. The van der Waals surface area contributed by atoms with Gasteiger partial charge in [-0.2, -0.15) is 0 Å². The highest BCUT2D eigenvalue weighted by molar-refractivity contribution is 9.11. The van der Waals surface area contributed by atoms with Crippen molar-refractivity contribution in [3.8, 4) is 0 Å². The monoisotopic (exact) mass is 317 g/mol. The Bertz CT molecular complexity index is 328.